The van der Waals surface area contributed by atoms with Crippen molar-refractivity contribution in [2.75, 3.05) is 6.54 Å². The van der Waals surface area contributed by atoms with Gasteiger partial charge >= 0.3 is 0 Å². The van der Waals surface area contributed by atoms with E-state index in [1.165, 1.54) is 22.3 Å². The molecule has 0 unspecified atom stereocenters. The van der Waals surface area contributed by atoms with E-state index in [2.05, 4.69) is 55.1 Å². The molecule has 1 heteroatoms. The smallest absolute Gasteiger partial charge is 0.0104 e. The van der Waals surface area contributed by atoms with Crippen LogP contribution in [0.2, 0.25) is 0 Å². The van der Waals surface area contributed by atoms with E-state index in [0.717, 1.165) is 6.42 Å². The highest BCUT2D eigenvalue weighted by molar-refractivity contribution is 5.76. The van der Waals surface area contributed by atoms with Crippen molar-refractivity contribution in [2.45, 2.75) is 6.42 Å². The highest BCUT2D eigenvalue weighted by Crippen LogP contribution is 2.35. The van der Waals surface area contributed by atoms with Crippen molar-refractivity contribution in [3.63, 3.8) is 0 Å². The summed E-state index contributed by atoms with van der Waals surface area (Å²) in [5.74, 6) is 0. The van der Waals surface area contributed by atoms with Crippen LogP contribution in [0.5, 0.6) is 0 Å². The molecule has 0 saturated carbocycles. The summed E-state index contributed by atoms with van der Waals surface area (Å²) < 4.78 is 0. The summed E-state index contributed by atoms with van der Waals surface area (Å²) in [5, 5.41) is 0. The number of hydrogen-bond acceptors (Lipinski definition) is 1. The standard InChI is InChI=1S/C13H10.C3H7N/c1-3-7-12-10(5-1)9-11-6-2-4-8-13(11)12;1-2-3-4/h1-8H,9H2;2H,1,3-4H2. The van der Waals surface area contributed by atoms with Crippen LogP contribution in [0.15, 0.2) is 61.2 Å². The minimum atomic E-state index is 0.583. The van der Waals surface area contributed by atoms with Crippen molar-refractivity contribution in [1.29, 1.82) is 0 Å². The Labute approximate surface area is 103 Å². The molecule has 86 valence electrons. The number of nitrogens with two attached hydrogens (primary N) is 1. The SMILES string of the molecule is C=CCN.c1ccc2c(c1)Cc1ccccc1-2. The van der Waals surface area contributed by atoms with E-state index < -0.39 is 0 Å². The molecule has 0 spiro atoms. The van der Waals surface area contributed by atoms with E-state index in [4.69, 9.17) is 5.73 Å². The van der Waals surface area contributed by atoms with Gasteiger partial charge in [0.05, 0.1) is 0 Å². The Bertz CT molecular complexity index is 471. The van der Waals surface area contributed by atoms with Crippen LogP contribution in [0.25, 0.3) is 11.1 Å². The Kier molecular flexibility index (Phi) is 3.73. The Morgan fingerprint density at radius 2 is 1.35 bits per heavy atom. The van der Waals surface area contributed by atoms with Gasteiger partial charge in [0.25, 0.3) is 0 Å². The molecule has 1 nitrogen and oxygen atoms in total. The van der Waals surface area contributed by atoms with Gasteiger partial charge in [0.2, 0.25) is 0 Å². The Hall–Kier alpha value is -1.86. The second kappa shape index (κ2) is 5.46. The van der Waals surface area contributed by atoms with Gasteiger partial charge in [-0.05, 0) is 28.7 Å². The van der Waals surface area contributed by atoms with Crippen LogP contribution in [0, 0.1) is 0 Å². The van der Waals surface area contributed by atoms with Crippen molar-refractivity contribution < 1.29 is 0 Å². The topological polar surface area (TPSA) is 26.0 Å². The summed E-state index contributed by atoms with van der Waals surface area (Å²) in [7, 11) is 0. The fraction of sp³-hybridized carbons (Fsp3) is 0.125. The van der Waals surface area contributed by atoms with Gasteiger partial charge in [0.1, 0.15) is 0 Å². The van der Waals surface area contributed by atoms with Gasteiger partial charge in [-0.2, -0.15) is 0 Å². The molecule has 0 heterocycles. The summed E-state index contributed by atoms with van der Waals surface area (Å²) in [6, 6.07) is 17.3. The van der Waals surface area contributed by atoms with Gasteiger partial charge in [0, 0.05) is 6.54 Å². The Morgan fingerprint density at radius 1 is 0.941 bits per heavy atom. The van der Waals surface area contributed by atoms with Crippen LogP contribution in [-0.4, -0.2) is 6.54 Å². The van der Waals surface area contributed by atoms with Gasteiger partial charge in [-0.25, -0.2) is 0 Å². The molecule has 0 fully saturated rings. The van der Waals surface area contributed by atoms with Crippen molar-refractivity contribution in [3.05, 3.63) is 72.3 Å². The fourth-order valence-electron chi connectivity index (χ4n) is 2.08. The van der Waals surface area contributed by atoms with Gasteiger partial charge in [0.15, 0.2) is 0 Å². The summed E-state index contributed by atoms with van der Waals surface area (Å²) >= 11 is 0. The van der Waals surface area contributed by atoms with Crippen LogP contribution in [0.4, 0.5) is 0 Å². The molecule has 0 radical (unpaired) electrons. The average molecular weight is 223 g/mol. The summed E-state index contributed by atoms with van der Waals surface area (Å²) in [6.07, 6.45) is 2.76. The summed E-state index contributed by atoms with van der Waals surface area (Å²) in [4.78, 5) is 0. The first kappa shape index (κ1) is 11.6. The zero-order valence-corrected chi connectivity index (χ0v) is 9.89. The van der Waals surface area contributed by atoms with E-state index in [1.54, 1.807) is 6.08 Å². The van der Waals surface area contributed by atoms with E-state index in [0.29, 0.717) is 6.54 Å². The van der Waals surface area contributed by atoms with Crippen molar-refractivity contribution in [1.82, 2.24) is 0 Å². The second-order valence-electron chi connectivity index (χ2n) is 4.02. The van der Waals surface area contributed by atoms with Gasteiger partial charge in [-0.1, -0.05) is 54.6 Å². The molecule has 2 N–H and O–H groups in total. The Balaban J connectivity index is 0.000000239. The Morgan fingerprint density at radius 3 is 1.76 bits per heavy atom. The molecular formula is C16H17N. The third kappa shape index (κ3) is 2.45. The lowest BCUT2D eigenvalue weighted by Crippen LogP contribution is -1.90. The van der Waals surface area contributed by atoms with Gasteiger partial charge in [-0.15, -0.1) is 6.58 Å². The summed E-state index contributed by atoms with van der Waals surface area (Å²) in [5.41, 5.74) is 10.7. The number of benzene rings is 2. The first-order valence-corrected chi connectivity index (χ1v) is 5.84. The lowest BCUT2D eigenvalue weighted by Gasteiger charge is -1.98. The summed E-state index contributed by atoms with van der Waals surface area (Å²) in [6.45, 7) is 3.94. The highest BCUT2D eigenvalue weighted by Gasteiger charge is 2.15. The van der Waals surface area contributed by atoms with E-state index in [1.807, 2.05) is 0 Å². The van der Waals surface area contributed by atoms with E-state index in [9.17, 15) is 0 Å². The molecule has 1 aliphatic carbocycles. The van der Waals surface area contributed by atoms with E-state index >= 15 is 0 Å². The molecule has 17 heavy (non-hydrogen) atoms. The highest BCUT2D eigenvalue weighted by atomic mass is 14.5. The van der Waals surface area contributed by atoms with Crippen LogP contribution in [0.3, 0.4) is 0 Å². The lowest BCUT2D eigenvalue weighted by molar-refractivity contribution is 1.26. The minimum Gasteiger partial charge on any atom is -0.327 e. The number of fused-ring (bicyclic) bond motifs is 3. The zero-order chi connectivity index (χ0) is 12.1. The molecule has 0 amide bonds. The molecule has 0 saturated heterocycles. The quantitative estimate of drug-likeness (QED) is 0.629. The molecule has 3 rings (SSSR count). The maximum Gasteiger partial charge on any atom is 0.0104 e. The molecule has 2 aromatic carbocycles. The van der Waals surface area contributed by atoms with Gasteiger partial charge < -0.3 is 5.73 Å². The molecule has 0 atom stereocenters. The number of rotatable bonds is 1. The second-order valence-corrected chi connectivity index (χ2v) is 4.02. The van der Waals surface area contributed by atoms with Crippen molar-refractivity contribution in [3.8, 4) is 11.1 Å². The van der Waals surface area contributed by atoms with Crippen molar-refractivity contribution in [2.24, 2.45) is 5.73 Å². The maximum atomic E-state index is 4.91. The predicted molar refractivity (Wildman–Crippen MR) is 73.9 cm³/mol. The molecule has 1 aliphatic rings. The minimum absolute atomic E-state index is 0.583. The maximum absolute atomic E-state index is 4.91. The molecule has 0 aromatic heterocycles. The molecule has 0 aliphatic heterocycles. The van der Waals surface area contributed by atoms with Crippen LogP contribution >= 0.6 is 0 Å². The van der Waals surface area contributed by atoms with Crippen LogP contribution in [-0.2, 0) is 6.42 Å². The molecule has 2 aromatic rings. The third-order valence-electron chi connectivity index (χ3n) is 2.87. The van der Waals surface area contributed by atoms with Crippen LogP contribution < -0.4 is 5.73 Å². The normalized spacial score (nSPS) is 10.9. The predicted octanol–water partition coefficient (Wildman–Crippen LogP) is 3.39. The lowest BCUT2D eigenvalue weighted by atomic mass is 10.1. The third-order valence-corrected chi connectivity index (χ3v) is 2.87. The zero-order valence-electron chi connectivity index (χ0n) is 9.89. The first-order chi connectivity index (χ1) is 8.36. The monoisotopic (exact) mass is 223 g/mol. The molecule has 0 bridgehead atoms. The molecular weight excluding hydrogens is 206 g/mol. The fourth-order valence-corrected chi connectivity index (χ4v) is 2.08. The van der Waals surface area contributed by atoms with Gasteiger partial charge in [-0.3, -0.25) is 0 Å². The van der Waals surface area contributed by atoms with Crippen LogP contribution in [0.1, 0.15) is 11.1 Å². The van der Waals surface area contributed by atoms with Crippen molar-refractivity contribution >= 4 is 0 Å². The average Bonchev–Trinajstić information content (AvgIpc) is 2.77. The first-order valence-electron chi connectivity index (χ1n) is 5.84. The number of hydrogen-bond donors (Lipinski definition) is 1. The largest absolute Gasteiger partial charge is 0.327 e. The van der Waals surface area contributed by atoms with E-state index in [-0.39, 0.29) is 0 Å².